The molecule has 1 N–H and O–H groups in total. The molecule has 2 aromatic heterocycles. The summed E-state index contributed by atoms with van der Waals surface area (Å²) >= 11 is 0. The Labute approximate surface area is 143 Å². The van der Waals surface area contributed by atoms with Gasteiger partial charge in [-0.1, -0.05) is 24.3 Å². The first kappa shape index (κ1) is 15.4. The van der Waals surface area contributed by atoms with Crippen LogP contribution >= 0.6 is 0 Å². The molecule has 0 saturated carbocycles. The van der Waals surface area contributed by atoms with Gasteiger partial charge in [-0.05, 0) is 36.8 Å². The van der Waals surface area contributed by atoms with Crippen molar-refractivity contribution in [1.82, 2.24) is 9.88 Å². The highest BCUT2D eigenvalue weighted by Crippen LogP contribution is 2.31. The van der Waals surface area contributed by atoms with Crippen LogP contribution in [0.15, 0.2) is 59.0 Å². The molecular formula is C20H17FN2O2. The van der Waals surface area contributed by atoms with Crippen molar-refractivity contribution in [2.45, 2.75) is 20.0 Å². The lowest BCUT2D eigenvalue weighted by molar-refractivity contribution is 0.0942. The molecule has 5 heteroatoms. The first-order valence-electron chi connectivity index (χ1n) is 8.21. The van der Waals surface area contributed by atoms with E-state index < -0.39 is 0 Å². The fourth-order valence-electron chi connectivity index (χ4n) is 3.19. The summed E-state index contributed by atoms with van der Waals surface area (Å²) in [6, 6.07) is 15.7. The Balaban J connectivity index is 1.67. The van der Waals surface area contributed by atoms with Gasteiger partial charge in [0.15, 0.2) is 5.58 Å². The maximum Gasteiger partial charge on any atom is 0.268 e. The van der Waals surface area contributed by atoms with Crippen LogP contribution in [0.4, 0.5) is 4.39 Å². The molecule has 1 amide bonds. The van der Waals surface area contributed by atoms with Gasteiger partial charge in [-0.15, -0.1) is 0 Å². The zero-order valence-corrected chi connectivity index (χ0v) is 13.8. The van der Waals surface area contributed by atoms with Crippen LogP contribution in [0.1, 0.15) is 23.0 Å². The SMILES string of the molecule is CCn1c(C(=O)NCc2cccc(F)c2)cc2oc3ccccc3c21. The number of halogens is 1. The van der Waals surface area contributed by atoms with Crippen LogP contribution in [0.5, 0.6) is 0 Å². The highest BCUT2D eigenvalue weighted by atomic mass is 19.1. The Morgan fingerprint density at radius 3 is 2.76 bits per heavy atom. The van der Waals surface area contributed by atoms with Crippen molar-refractivity contribution in [3.63, 3.8) is 0 Å². The Kier molecular flexibility index (Phi) is 3.76. The molecule has 0 spiro atoms. The standard InChI is InChI=1S/C20H17FN2O2/c1-2-23-16(20(24)22-12-13-6-5-7-14(21)10-13)11-18-19(23)15-8-3-4-9-17(15)25-18/h3-11H,2,12H2,1H3,(H,22,24). The molecule has 25 heavy (non-hydrogen) atoms. The second kappa shape index (κ2) is 6.09. The van der Waals surface area contributed by atoms with Crippen molar-refractivity contribution in [1.29, 1.82) is 0 Å². The summed E-state index contributed by atoms with van der Waals surface area (Å²) in [6.07, 6.45) is 0. The number of carbonyl (C=O) groups is 1. The number of aryl methyl sites for hydroxylation is 1. The largest absolute Gasteiger partial charge is 0.454 e. The van der Waals surface area contributed by atoms with Crippen LogP contribution in [0, 0.1) is 5.82 Å². The van der Waals surface area contributed by atoms with Gasteiger partial charge >= 0.3 is 0 Å². The fourth-order valence-corrected chi connectivity index (χ4v) is 3.19. The van der Waals surface area contributed by atoms with E-state index in [1.165, 1.54) is 12.1 Å². The Morgan fingerprint density at radius 1 is 1.12 bits per heavy atom. The first-order chi connectivity index (χ1) is 12.2. The molecule has 0 fully saturated rings. The average Bonchev–Trinajstić information content (AvgIpc) is 3.15. The lowest BCUT2D eigenvalue weighted by Gasteiger charge is -2.09. The van der Waals surface area contributed by atoms with E-state index in [0.717, 1.165) is 22.0 Å². The van der Waals surface area contributed by atoms with Crippen LogP contribution < -0.4 is 5.32 Å². The molecule has 4 aromatic rings. The predicted molar refractivity (Wildman–Crippen MR) is 95.0 cm³/mol. The van der Waals surface area contributed by atoms with E-state index in [1.807, 2.05) is 35.8 Å². The average molecular weight is 336 g/mol. The maximum absolute atomic E-state index is 13.3. The molecule has 4 nitrogen and oxygen atoms in total. The third kappa shape index (κ3) is 2.67. The Bertz CT molecular complexity index is 1080. The van der Waals surface area contributed by atoms with Crippen molar-refractivity contribution in [3.05, 3.63) is 71.7 Å². The van der Waals surface area contributed by atoms with Crippen LogP contribution in [-0.2, 0) is 13.1 Å². The van der Waals surface area contributed by atoms with Gasteiger partial charge in [-0.3, -0.25) is 4.79 Å². The fraction of sp³-hybridized carbons (Fsp3) is 0.150. The van der Waals surface area contributed by atoms with Crippen LogP contribution in [-0.4, -0.2) is 10.5 Å². The van der Waals surface area contributed by atoms with Crippen molar-refractivity contribution >= 4 is 28.0 Å². The smallest absolute Gasteiger partial charge is 0.268 e. The summed E-state index contributed by atoms with van der Waals surface area (Å²) in [5.41, 5.74) is 3.69. The molecule has 0 aliphatic carbocycles. The summed E-state index contributed by atoms with van der Waals surface area (Å²) < 4.78 is 21.1. The van der Waals surface area contributed by atoms with Crippen LogP contribution in [0.2, 0.25) is 0 Å². The Hall–Kier alpha value is -3.08. The van der Waals surface area contributed by atoms with E-state index in [0.29, 0.717) is 17.8 Å². The van der Waals surface area contributed by atoms with Crippen molar-refractivity contribution in [2.24, 2.45) is 0 Å². The highest BCUT2D eigenvalue weighted by Gasteiger charge is 2.19. The molecule has 2 aromatic carbocycles. The monoisotopic (exact) mass is 336 g/mol. The van der Waals surface area contributed by atoms with E-state index in [2.05, 4.69) is 5.32 Å². The molecule has 0 aliphatic rings. The number of para-hydroxylation sites is 1. The molecule has 4 rings (SSSR count). The number of hydrogen-bond acceptors (Lipinski definition) is 2. The van der Waals surface area contributed by atoms with Gasteiger partial charge < -0.3 is 14.3 Å². The minimum atomic E-state index is -0.312. The van der Waals surface area contributed by atoms with Gasteiger partial charge in [0.05, 0.1) is 5.52 Å². The number of fused-ring (bicyclic) bond motifs is 3. The number of rotatable bonds is 4. The summed E-state index contributed by atoms with van der Waals surface area (Å²) in [6.45, 7) is 2.91. The maximum atomic E-state index is 13.3. The second-order valence-electron chi connectivity index (χ2n) is 5.90. The summed E-state index contributed by atoms with van der Waals surface area (Å²) in [5, 5.41) is 3.84. The Morgan fingerprint density at radius 2 is 1.96 bits per heavy atom. The molecule has 0 unspecified atom stereocenters. The quantitative estimate of drug-likeness (QED) is 0.597. The van der Waals surface area contributed by atoms with Gasteiger partial charge in [-0.25, -0.2) is 4.39 Å². The van der Waals surface area contributed by atoms with Gasteiger partial charge in [0.25, 0.3) is 5.91 Å². The second-order valence-corrected chi connectivity index (χ2v) is 5.90. The van der Waals surface area contributed by atoms with Crippen molar-refractivity contribution < 1.29 is 13.6 Å². The van der Waals surface area contributed by atoms with Gasteiger partial charge in [-0.2, -0.15) is 0 Å². The number of carbonyl (C=O) groups excluding carboxylic acids is 1. The number of hydrogen-bond donors (Lipinski definition) is 1. The summed E-state index contributed by atoms with van der Waals surface area (Å²) in [4.78, 5) is 12.6. The number of nitrogens with one attached hydrogen (secondary N) is 1. The topological polar surface area (TPSA) is 47.2 Å². The third-order valence-electron chi connectivity index (χ3n) is 4.31. The highest BCUT2D eigenvalue weighted by molar-refractivity contribution is 6.07. The van der Waals surface area contributed by atoms with Crippen molar-refractivity contribution in [2.75, 3.05) is 0 Å². The van der Waals surface area contributed by atoms with Gasteiger partial charge in [0.2, 0.25) is 0 Å². The lowest BCUT2D eigenvalue weighted by Crippen LogP contribution is -2.25. The van der Waals surface area contributed by atoms with Gasteiger partial charge in [0.1, 0.15) is 17.1 Å². The minimum Gasteiger partial charge on any atom is -0.454 e. The number of nitrogens with zero attached hydrogens (tertiary/aromatic N) is 1. The first-order valence-corrected chi connectivity index (χ1v) is 8.21. The lowest BCUT2D eigenvalue weighted by atomic mass is 10.2. The van der Waals surface area contributed by atoms with E-state index in [4.69, 9.17) is 4.42 Å². The van der Waals surface area contributed by atoms with Crippen LogP contribution in [0.3, 0.4) is 0 Å². The molecular weight excluding hydrogens is 319 g/mol. The molecule has 0 saturated heterocycles. The zero-order chi connectivity index (χ0) is 17.4. The molecule has 2 heterocycles. The number of benzene rings is 2. The minimum absolute atomic E-state index is 0.207. The molecule has 0 aliphatic heterocycles. The summed E-state index contributed by atoms with van der Waals surface area (Å²) in [7, 11) is 0. The zero-order valence-electron chi connectivity index (χ0n) is 13.8. The number of amides is 1. The molecule has 0 atom stereocenters. The van der Waals surface area contributed by atoms with E-state index in [1.54, 1.807) is 18.2 Å². The van der Waals surface area contributed by atoms with E-state index in [9.17, 15) is 9.18 Å². The third-order valence-corrected chi connectivity index (χ3v) is 4.31. The normalized spacial score (nSPS) is 11.3. The van der Waals surface area contributed by atoms with Gasteiger partial charge in [0, 0.05) is 24.5 Å². The van der Waals surface area contributed by atoms with Crippen LogP contribution in [0.25, 0.3) is 22.1 Å². The summed E-state index contributed by atoms with van der Waals surface area (Å²) in [5.74, 6) is -0.519. The number of furan rings is 1. The molecule has 126 valence electrons. The van der Waals surface area contributed by atoms with E-state index >= 15 is 0 Å². The molecule has 0 radical (unpaired) electrons. The molecule has 0 bridgehead atoms. The predicted octanol–water partition coefficient (Wildman–Crippen LogP) is 4.48. The van der Waals surface area contributed by atoms with E-state index in [-0.39, 0.29) is 18.3 Å². The van der Waals surface area contributed by atoms with Crippen molar-refractivity contribution in [3.8, 4) is 0 Å². The number of aromatic nitrogens is 1.